The van der Waals surface area contributed by atoms with Crippen molar-refractivity contribution in [3.63, 3.8) is 0 Å². The summed E-state index contributed by atoms with van der Waals surface area (Å²) in [5, 5.41) is 2.98. The molecular formula is C13H16BrFN2O. The summed E-state index contributed by atoms with van der Waals surface area (Å²) in [6, 6.07) is 4.42. The van der Waals surface area contributed by atoms with Gasteiger partial charge in [-0.15, -0.1) is 0 Å². The Morgan fingerprint density at radius 2 is 2.28 bits per heavy atom. The molecule has 0 aromatic heterocycles. The zero-order valence-electron chi connectivity index (χ0n) is 9.96. The summed E-state index contributed by atoms with van der Waals surface area (Å²) in [6.45, 7) is 0.595. The third kappa shape index (κ3) is 2.90. The van der Waals surface area contributed by atoms with Crippen molar-refractivity contribution in [1.82, 2.24) is 5.32 Å². The van der Waals surface area contributed by atoms with Crippen molar-refractivity contribution < 1.29 is 9.18 Å². The van der Waals surface area contributed by atoms with Gasteiger partial charge in [0, 0.05) is 11.6 Å². The Bertz CT molecular complexity index is 453. The third-order valence-corrected chi connectivity index (χ3v) is 4.07. The summed E-state index contributed by atoms with van der Waals surface area (Å²) in [7, 11) is 0. The van der Waals surface area contributed by atoms with Crippen LogP contribution in [0.1, 0.15) is 29.6 Å². The molecule has 0 saturated heterocycles. The molecule has 98 valence electrons. The topological polar surface area (TPSA) is 55.1 Å². The molecule has 1 aliphatic rings. The van der Waals surface area contributed by atoms with E-state index >= 15 is 0 Å². The molecule has 18 heavy (non-hydrogen) atoms. The van der Waals surface area contributed by atoms with Crippen molar-refractivity contribution in [1.29, 1.82) is 0 Å². The van der Waals surface area contributed by atoms with Gasteiger partial charge in [0.05, 0.1) is 4.47 Å². The van der Waals surface area contributed by atoms with Gasteiger partial charge in [-0.1, -0.05) is 6.42 Å². The minimum Gasteiger partial charge on any atom is -0.349 e. The van der Waals surface area contributed by atoms with Gasteiger partial charge < -0.3 is 11.1 Å². The minimum absolute atomic E-state index is 0.145. The minimum atomic E-state index is -0.368. The van der Waals surface area contributed by atoms with Gasteiger partial charge in [-0.3, -0.25) is 4.79 Å². The van der Waals surface area contributed by atoms with E-state index in [9.17, 15) is 9.18 Å². The Labute approximate surface area is 114 Å². The van der Waals surface area contributed by atoms with Crippen molar-refractivity contribution in [2.75, 3.05) is 6.54 Å². The van der Waals surface area contributed by atoms with Crippen molar-refractivity contribution in [2.24, 2.45) is 11.7 Å². The first-order valence-electron chi connectivity index (χ1n) is 6.08. The van der Waals surface area contributed by atoms with Crippen LogP contribution in [0.15, 0.2) is 22.7 Å². The Hall–Kier alpha value is -0.940. The zero-order valence-corrected chi connectivity index (χ0v) is 11.5. The van der Waals surface area contributed by atoms with Gasteiger partial charge >= 0.3 is 0 Å². The van der Waals surface area contributed by atoms with Crippen molar-refractivity contribution in [2.45, 2.75) is 25.3 Å². The fourth-order valence-corrected chi connectivity index (χ4v) is 2.78. The van der Waals surface area contributed by atoms with Gasteiger partial charge in [-0.2, -0.15) is 0 Å². The first-order chi connectivity index (χ1) is 8.61. The number of halogens is 2. The van der Waals surface area contributed by atoms with Crippen LogP contribution in [0.5, 0.6) is 0 Å². The summed E-state index contributed by atoms with van der Waals surface area (Å²) in [5.74, 6) is -0.175. The number of nitrogens with two attached hydrogens (primary N) is 1. The average Bonchev–Trinajstić information content (AvgIpc) is 2.79. The molecule has 1 aromatic carbocycles. The molecule has 0 aliphatic heterocycles. The molecular weight excluding hydrogens is 299 g/mol. The predicted octanol–water partition coefficient (Wildman–Crippen LogP) is 2.45. The molecule has 1 amide bonds. The van der Waals surface area contributed by atoms with Crippen molar-refractivity contribution in [3.05, 3.63) is 34.1 Å². The van der Waals surface area contributed by atoms with Crippen LogP contribution in [-0.2, 0) is 0 Å². The normalized spacial score (nSPS) is 23.1. The summed E-state index contributed by atoms with van der Waals surface area (Å²) < 4.78 is 13.4. The maximum atomic E-state index is 13.1. The van der Waals surface area contributed by atoms with Crippen LogP contribution < -0.4 is 11.1 Å². The highest BCUT2D eigenvalue weighted by atomic mass is 79.9. The lowest BCUT2D eigenvalue weighted by Crippen LogP contribution is -2.39. The standard InChI is InChI=1S/C13H16BrFN2O/c14-10-6-8(4-5-11(10)15)13(18)17-12-3-1-2-9(12)7-16/h4-6,9,12H,1-3,7,16H2,(H,17,18). The van der Waals surface area contributed by atoms with Gasteiger partial charge in [0.1, 0.15) is 5.82 Å². The Kier molecular flexibility index (Phi) is 4.35. The van der Waals surface area contributed by atoms with Gasteiger partial charge in [0.25, 0.3) is 5.91 Å². The Balaban J connectivity index is 2.05. The molecule has 0 radical (unpaired) electrons. The lowest BCUT2D eigenvalue weighted by atomic mass is 10.0. The number of carbonyl (C=O) groups excluding carboxylic acids is 1. The van der Waals surface area contributed by atoms with Gasteiger partial charge in [-0.05, 0) is 59.4 Å². The van der Waals surface area contributed by atoms with Crippen LogP contribution in [0.25, 0.3) is 0 Å². The van der Waals surface area contributed by atoms with Crippen molar-refractivity contribution in [3.8, 4) is 0 Å². The van der Waals surface area contributed by atoms with Crippen molar-refractivity contribution >= 4 is 21.8 Å². The number of rotatable bonds is 3. The maximum Gasteiger partial charge on any atom is 0.251 e. The molecule has 0 spiro atoms. The van der Waals surface area contributed by atoms with Gasteiger partial charge in [0.15, 0.2) is 0 Å². The fraction of sp³-hybridized carbons (Fsp3) is 0.462. The molecule has 3 N–H and O–H groups in total. The van der Waals surface area contributed by atoms with Crippen LogP contribution in [0.4, 0.5) is 4.39 Å². The first-order valence-corrected chi connectivity index (χ1v) is 6.87. The predicted molar refractivity (Wildman–Crippen MR) is 71.7 cm³/mol. The highest BCUT2D eigenvalue weighted by Crippen LogP contribution is 2.25. The molecule has 0 bridgehead atoms. The quantitative estimate of drug-likeness (QED) is 0.900. The summed E-state index contributed by atoms with van der Waals surface area (Å²) >= 11 is 3.08. The largest absolute Gasteiger partial charge is 0.349 e. The lowest BCUT2D eigenvalue weighted by Gasteiger charge is -2.19. The molecule has 1 aliphatic carbocycles. The number of hydrogen-bond acceptors (Lipinski definition) is 2. The van der Waals surface area contributed by atoms with Gasteiger partial charge in [0.2, 0.25) is 0 Å². The van der Waals surface area contributed by atoms with Crippen LogP contribution in [0.3, 0.4) is 0 Å². The summed E-state index contributed by atoms with van der Waals surface area (Å²) in [6.07, 6.45) is 3.13. The van der Waals surface area contributed by atoms with E-state index in [1.54, 1.807) is 0 Å². The highest BCUT2D eigenvalue weighted by Gasteiger charge is 2.27. The first kappa shape index (κ1) is 13.5. The van der Waals surface area contributed by atoms with Crippen LogP contribution >= 0.6 is 15.9 Å². The van der Waals surface area contributed by atoms with E-state index in [0.29, 0.717) is 22.5 Å². The van der Waals surface area contributed by atoms with E-state index < -0.39 is 0 Å². The van der Waals surface area contributed by atoms with E-state index in [1.807, 2.05) is 0 Å². The molecule has 1 fully saturated rings. The van der Waals surface area contributed by atoms with Crippen LogP contribution in [0.2, 0.25) is 0 Å². The SMILES string of the molecule is NCC1CCCC1NC(=O)c1ccc(F)c(Br)c1. The monoisotopic (exact) mass is 314 g/mol. The molecule has 2 atom stereocenters. The number of amides is 1. The van der Waals surface area contributed by atoms with E-state index in [1.165, 1.54) is 18.2 Å². The smallest absolute Gasteiger partial charge is 0.251 e. The second-order valence-electron chi connectivity index (χ2n) is 4.64. The third-order valence-electron chi connectivity index (χ3n) is 3.46. The molecule has 1 aromatic rings. The maximum absolute atomic E-state index is 13.1. The highest BCUT2D eigenvalue weighted by molar-refractivity contribution is 9.10. The zero-order chi connectivity index (χ0) is 13.1. The lowest BCUT2D eigenvalue weighted by molar-refractivity contribution is 0.0928. The van der Waals surface area contributed by atoms with E-state index in [2.05, 4.69) is 21.2 Å². The molecule has 0 heterocycles. The summed E-state index contributed by atoms with van der Waals surface area (Å²) in [4.78, 5) is 12.0. The second-order valence-corrected chi connectivity index (χ2v) is 5.49. The Morgan fingerprint density at radius 3 is 2.94 bits per heavy atom. The fourth-order valence-electron chi connectivity index (χ4n) is 2.40. The molecule has 5 heteroatoms. The van der Waals surface area contributed by atoms with E-state index in [4.69, 9.17) is 5.73 Å². The van der Waals surface area contributed by atoms with Crippen LogP contribution in [-0.4, -0.2) is 18.5 Å². The number of benzene rings is 1. The van der Waals surface area contributed by atoms with E-state index in [0.717, 1.165) is 19.3 Å². The average molecular weight is 315 g/mol. The van der Waals surface area contributed by atoms with E-state index in [-0.39, 0.29) is 17.8 Å². The van der Waals surface area contributed by atoms with Crippen LogP contribution in [0, 0.1) is 11.7 Å². The molecule has 1 saturated carbocycles. The molecule has 2 unspecified atom stereocenters. The molecule has 2 rings (SSSR count). The number of nitrogens with one attached hydrogen (secondary N) is 1. The second kappa shape index (κ2) is 5.80. The Morgan fingerprint density at radius 1 is 1.50 bits per heavy atom. The van der Waals surface area contributed by atoms with Gasteiger partial charge in [-0.25, -0.2) is 4.39 Å². The number of hydrogen-bond donors (Lipinski definition) is 2. The molecule has 3 nitrogen and oxygen atoms in total. The summed E-state index contributed by atoms with van der Waals surface area (Å²) in [5.41, 5.74) is 6.14. The number of carbonyl (C=O) groups is 1.